The molecule has 2 atom stereocenters. The topological polar surface area (TPSA) is 46.6 Å². The van der Waals surface area contributed by atoms with Gasteiger partial charge in [-0.25, -0.2) is 4.79 Å². The molecule has 1 aliphatic rings. The molecule has 1 saturated heterocycles. The van der Waals surface area contributed by atoms with Crippen molar-refractivity contribution in [1.82, 2.24) is 4.90 Å². The van der Waals surface area contributed by atoms with E-state index in [4.69, 9.17) is 4.74 Å². The van der Waals surface area contributed by atoms with Gasteiger partial charge in [0.05, 0.1) is 0 Å². The van der Waals surface area contributed by atoms with Crippen LogP contribution >= 0.6 is 0 Å². The number of aldehydes is 1. The standard InChI is InChI=1S/C12H21NO3/c1-9-7-13(6-5-10(9)8-14)11(15)16-12(2,3)4/h8-10H,5-7H2,1-4H3/t9-,10-/m1/s1. The van der Waals surface area contributed by atoms with E-state index in [0.29, 0.717) is 13.1 Å². The molecule has 92 valence electrons. The van der Waals surface area contributed by atoms with E-state index in [1.54, 1.807) is 4.90 Å². The van der Waals surface area contributed by atoms with Crippen LogP contribution < -0.4 is 0 Å². The monoisotopic (exact) mass is 227 g/mol. The summed E-state index contributed by atoms with van der Waals surface area (Å²) in [5.74, 6) is 0.303. The number of hydrogen-bond acceptors (Lipinski definition) is 3. The number of nitrogens with zero attached hydrogens (tertiary/aromatic N) is 1. The lowest BCUT2D eigenvalue weighted by Crippen LogP contribution is -2.45. The second kappa shape index (κ2) is 4.85. The third kappa shape index (κ3) is 3.51. The highest BCUT2D eigenvalue weighted by molar-refractivity contribution is 5.68. The van der Waals surface area contributed by atoms with E-state index in [9.17, 15) is 9.59 Å². The second-order valence-electron chi connectivity index (χ2n) is 5.49. The highest BCUT2D eigenvalue weighted by Gasteiger charge is 2.30. The van der Waals surface area contributed by atoms with Crippen LogP contribution in [0.25, 0.3) is 0 Å². The van der Waals surface area contributed by atoms with Crippen molar-refractivity contribution >= 4 is 12.4 Å². The summed E-state index contributed by atoms with van der Waals surface area (Å²) in [7, 11) is 0. The summed E-state index contributed by atoms with van der Waals surface area (Å²) in [4.78, 5) is 24.2. The van der Waals surface area contributed by atoms with Crippen molar-refractivity contribution in [3.8, 4) is 0 Å². The number of likely N-dealkylation sites (tertiary alicyclic amines) is 1. The molecule has 0 unspecified atom stereocenters. The van der Waals surface area contributed by atoms with Crippen LogP contribution in [0.1, 0.15) is 34.1 Å². The van der Waals surface area contributed by atoms with Crippen LogP contribution in [-0.4, -0.2) is 36.0 Å². The molecule has 4 heteroatoms. The fourth-order valence-corrected chi connectivity index (χ4v) is 1.86. The molecule has 0 bridgehead atoms. The van der Waals surface area contributed by atoms with E-state index >= 15 is 0 Å². The van der Waals surface area contributed by atoms with Gasteiger partial charge in [-0.1, -0.05) is 6.92 Å². The van der Waals surface area contributed by atoms with Gasteiger partial charge in [-0.2, -0.15) is 0 Å². The minimum Gasteiger partial charge on any atom is -0.444 e. The van der Waals surface area contributed by atoms with Gasteiger partial charge in [0, 0.05) is 19.0 Å². The van der Waals surface area contributed by atoms with Gasteiger partial charge < -0.3 is 14.4 Å². The zero-order chi connectivity index (χ0) is 12.3. The summed E-state index contributed by atoms with van der Waals surface area (Å²) >= 11 is 0. The zero-order valence-electron chi connectivity index (χ0n) is 10.5. The molecule has 0 aromatic carbocycles. The summed E-state index contributed by atoms with van der Waals surface area (Å²) < 4.78 is 5.29. The third-order valence-corrected chi connectivity index (χ3v) is 2.80. The minimum absolute atomic E-state index is 0.0821. The van der Waals surface area contributed by atoms with E-state index in [-0.39, 0.29) is 17.9 Å². The van der Waals surface area contributed by atoms with Crippen molar-refractivity contribution in [1.29, 1.82) is 0 Å². The van der Waals surface area contributed by atoms with E-state index < -0.39 is 5.60 Å². The Morgan fingerprint density at radius 1 is 1.44 bits per heavy atom. The molecule has 4 nitrogen and oxygen atoms in total. The first-order valence-electron chi connectivity index (χ1n) is 5.76. The molecule has 16 heavy (non-hydrogen) atoms. The van der Waals surface area contributed by atoms with Gasteiger partial charge in [0.1, 0.15) is 11.9 Å². The van der Waals surface area contributed by atoms with Crippen LogP contribution in [0.2, 0.25) is 0 Å². The lowest BCUT2D eigenvalue weighted by atomic mass is 9.88. The molecule has 1 aliphatic heterocycles. The maximum Gasteiger partial charge on any atom is 0.410 e. The maximum absolute atomic E-state index is 11.8. The van der Waals surface area contributed by atoms with Crippen molar-refractivity contribution in [3.05, 3.63) is 0 Å². The van der Waals surface area contributed by atoms with Crippen LogP contribution in [0.3, 0.4) is 0 Å². The van der Waals surface area contributed by atoms with Crippen LogP contribution in [0.15, 0.2) is 0 Å². The quantitative estimate of drug-likeness (QED) is 0.644. The van der Waals surface area contributed by atoms with Crippen molar-refractivity contribution < 1.29 is 14.3 Å². The van der Waals surface area contributed by atoms with Gasteiger partial charge in [-0.05, 0) is 33.1 Å². The molecule has 0 N–H and O–H groups in total. The summed E-state index contributed by atoms with van der Waals surface area (Å²) in [5.41, 5.74) is -0.457. The molecule has 1 amide bonds. The number of amides is 1. The molecule has 0 radical (unpaired) electrons. The smallest absolute Gasteiger partial charge is 0.410 e. The molecule has 0 aliphatic carbocycles. The Kier molecular flexibility index (Phi) is 3.94. The second-order valence-corrected chi connectivity index (χ2v) is 5.49. The van der Waals surface area contributed by atoms with E-state index in [1.165, 1.54) is 0 Å². The van der Waals surface area contributed by atoms with Gasteiger partial charge in [0.15, 0.2) is 0 Å². The summed E-state index contributed by atoms with van der Waals surface area (Å²) in [6.45, 7) is 8.78. The van der Waals surface area contributed by atoms with E-state index in [0.717, 1.165) is 12.7 Å². The zero-order valence-corrected chi connectivity index (χ0v) is 10.5. The highest BCUT2D eigenvalue weighted by Crippen LogP contribution is 2.22. The summed E-state index contributed by atoms with van der Waals surface area (Å²) in [6.07, 6.45) is 1.46. The van der Waals surface area contributed by atoms with Crippen molar-refractivity contribution in [3.63, 3.8) is 0 Å². The fraction of sp³-hybridized carbons (Fsp3) is 0.833. The molecule has 0 aromatic heterocycles. The largest absolute Gasteiger partial charge is 0.444 e. The number of carbonyl (C=O) groups is 2. The number of ether oxygens (including phenoxy) is 1. The van der Waals surface area contributed by atoms with Gasteiger partial charge in [-0.3, -0.25) is 0 Å². The maximum atomic E-state index is 11.8. The molecular weight excluding hydrogens is 206 g/mol. The number of piperidine rings is 1. The lowest BCUT2D eigenvalue weighted by molar-refractivity contribution is -0.114. The molecule has 1 rings (SSSR count). The predicted molar refractivity (Wildman–Crippen MR) is 61.1 cm³/mol. The molecule has 1 fully saturated rings. The van der Waals surface area contributed by atoms with Gasteiger partial charge in [0.2, 0.25) is 0 Å². The normalized spacial score (nSPS) is 26.4. The first-order chi connectivity index (χ1) is 7.33. The highest BCUT2D eigenvalue weighted by atomic mass is 16.6. The SMILES string of the molecule is C[C@@H]1CN(C(=O)OC(C)(C)C)CC[C@@H]1C=O. The van der Waals surface area contributed by atoms with E-state index in [1.807, 2.05) is 27.7 Å². The van der Waals surface area contributed by atoms with Gasteiger partial charge in [0.25, 0.3) is 0 Å². The van der Waals surface area contributed by atoms with Gasteiger partial charge >= 0.3 is 6.09 Å². The Hall–Kier alpha value is -1.06. The number of carbonyl (C=O) groups excluding carboxylic acids is 2. The van der Waals surface area contributed by atoms with Crippen LogP contribution in [-0.2, 0) is 9.53 Å². The minimum atomic E-state index is -0.457. The Balaban J connectivity index is 2.51. The first-order valence-corrected chi connectivity index (χ1v) is 5.76. The summed E-state index contributed by atoms with van der Waals surface area (Å²) in [6, 6.07) is 0. The Labute approximate surface area is 96.9 Å². The lowest BCUT2D eigenvalue weighted by Gasteiger charge is -2.35. The average molecular weight is 227 g/mol. The summed E-state index contributed by atoms with van der Waals surface area (Å²) in [5, 5.41) is 0. The van der Waals surface area contributed by atoms with Crippen molar-refractivity contribution in [2.24, 2.45) is 11.8 Å². The van der Waals surface area contributed by atoms with Gasteiger partial charge in [-0.15, -0.1) is 0 Å². The predicted octanol–water partition coefficient (Wildman–Crippen LogP) is 2.08. The van der Waals surface area contributed by atoms with Crippen LogP contribution in [0, 0.1) is 11.8 Å². The fourth-order valence-electron chi connectivity index (χ4n) is 1.86. The third-order valence-electron chi connectivity index (χ3n) is 2.80. The molecule has 0 aromatic rings. The van der Waals surface area contributed by atoms with Crippen molar-refractivity contribution in [2.75, 3.05) is 13.1 Å². The Bertz CT molecular complexity index is 270. The Morgan fingerprint density at radius 2 is 2.06 bits per heavy atom. The number of hydrogen-bond donors (Lipinski definition) is 0. The molecule has 0 spiro atoms. The van der Waals surface area contributed by atoms with E-state index in [2.05, 4.69) is 0 Å². The molecule has 1 heterocycles. The first kappa shape index (κ1) is 13.0. The molecular formula is C12H21NO3. The number of rotatable bonds is 1. The van der Waals surface area contributed by atoms with Crippen LogP contribution in [0.5, 0.6) is 0 Å². The van der Waals surface area contributed by atoms with Crippen LogP contribution in [0.4, 0.5) is 4.79 Å². The Morgan fingerprint density at radius 3 is 2.50 bits per heavy atom. The average Bonchev–Trinajstić information content (AvgIpc) is 2.15. The van der Waals surface area contributed by atoms with Crippen molar-refractivity contribution in [2.45, 2.75) is 39.7 Å². The molecule has 0 saturated carbocycles.